The molecule has 1 rings (SSSR count). The molecule has 0 fully saturated rings. The third-order valence-corrected chi connectivity index (χ3v) is 1.67. The first-order valence-corrected chi connectivity index (χ1v) is 4.02. The first-order valence-electron chi connectivity index (χ1n) is 4.02. The molecule has 0 heterocycles. The van der Waals surface area contributed by atoms with Gasteiger partial charge in [0.25, 0.3) is 5.91 Å². The molecule has 72 valence electrons. The Kier molecular flexibility index (Phi) is 2.97. The number of carbonyl (C=O) groups is 1. The van der Waals surface area contributed by atoms with Gasteiger partial charge in [0.05, 0.1) is 12.1 Å². The fraction of sp³-hybridized carbons (Fsp3) is 0.100. The molecule has 4 heteroatoms. The van der Waals surface area contributed by atoms with Gasteiger partial charge < -0.3 is 16.8 Å². The van der Waals surface area contributed by atoms with Gasteiger partial charge in [-0.3, -0.25) is 4.79 Å². The van der Waals surface area contributed by atoms with Crippen molar-refractivity contribution in [1.29, 1.82) is 0 Å². The molecule has 1 amide bonds. The van der Waals surface area contributed by atoms with E-state index in [-0.39, 0.29) is 12.5 Å². The number of nitrogens with one attached hydrogen (secondary N) is 1. The number of amides is 1. The van der Waals surface area contributed by atoms with Gasteiger partial charge in [0.2, 0.25) is 0 Å². The summed E-state index contributed by atoms with van der Waals surface area (Å²) in [6, 6.07) is 4.71. The van der Waals surface area contributed by atoms with Gasteiger partial charge >= 0.3 is 0 Å². The van der Waals surface area contributed by atoms with E-state index >= 15 is 0 Å². The Morgan fingerprint density at radius 3 is 2.79 bits per heavy atom. The number of hydrogen-bond acceptors (Lipinski definition) is 3. The van der Waals surface area contributed by atoms with Gasteiger partial charge in [-0.15, -0.1) is 6.42 Å². The SMILES string of the molecule is C#CCNC(=O)c1ccc(N)cc1N. The number of anilines is 2. The summed E-state index contributed by atoms with van der Waals surface area (Å²) in [5.74, 6) is 2.01. The van der Waals surface area contributed by atoms with Gasteiger partial charge in [0, 0.05) is 11.4 Å². The molecule has 0 atom stereocenters. The molecule has 0 radical (unpaired) electrons. The predicted molar refractivity (Wildman–Crippen MR) is 56.4 cm³/mol. The van der Waals surface area contributed by atoms with Crippen molar-refractivity contribution >= 4 is 17.3 Å². The summed E-state index contributed by atoms with van der Waals surface area (Å²) in [6.45, 7) is 0.183. The van der Waals surface area contributed by atoms with E-state index in [1.165, 1.54) is 6.07 Å². The van der Waals surface area contributed by atoms with E-state index < -0.39 is 0 Å². The van der Waals surface area contributed by atoms with Crippen LogP contribution in [0.3, 0.4) is 0 Å². The van der Waals surface area contributed by atoms with Crippen molar-refractivity contribution < 1.29 is 4.79 Å². The Hall–Kier alpha value is -2.15. The summed E-state index contributed by atoms with van der Waals surface area (Å²) in [4.78, 5) is 11.4. The normalized spacial score (nSPS) is 9.07. The molecule has 1 aromatic rings. The van der Waals surface area contributed by atoms with Gasteiger partial charge in [0.1, 0.15) is 0 Å². The average molecular weight is 189 g/mol. The molecule has 0 spiro atoms. The zero-order valence-electron chi connectivity index (χ0n) is 7.58. The molecule has 1 aromatic carbocycles. The highest BCUT2D eigenvalue weighted by Crippen LogP contribution is 2.15. The predicted octanol–water partition coefficient (Wildman–Crippen LogP) is 0.214. The van der Waals surface area contributed by atoms with Crippen LogP contribution in [0.1, 0.15) is 10.4 Å². The summed E-state index contributed by atoms with van der Waals surface area (Å²) < 4.78 is 0. The van der Waals surface area contributed by atoms with Crippen LogP contribution in [-0.2, 0) is 0 Å². The Bertz CT molecular complexity index is 393. The molecular weight excluding hydrogens is 178 g/mol. The molecule has 0 aromatic heterocycles. The summed E-state index contributed by atoms with van der Waals surface area (Å²) >= 11 is 0. The number of nitrogens with two attached hydrogens (primary N) is 2. The van der Waals surface area contributed by atoms with E-state index in [1.54, 1.807) is 12.1 Å². The molecule has 14 heavy (non-hydrogen) atoms. The molecule has 4 nitrogen and oxygen atoms in total. The minimum absolute atomic E-state index is 0.183. The number of hydrogen-bond donors (Lipinski definition) is 3. The fourth-order valence-corrected chi connectivity index (χ4v) is 1.01. The van der Waals surface area contributed by atoms with Crippen molar-refractivity contribution in [1.82, 2.24) is 5.32 Å². The van der Waals surface area contributed by atoms with Crippen LogP contribution in [0.5, 0.6) is 0 Å². The number of rotatable bonds is 2. The minimum Gasteiger partial charge on any atom is -0.399 e. The molecule has 0 aliphatic carbocycles. The van der Waals surface area contributed by atoms with Crippen LogP contribution in [0.25, 0.3) is 0 Å². The topological polar surface area (TPSA) is 81.1 Å². The second-order valence-electron chi connectivity index (χ2n) is 2.73. The third-order valence-electron chi connectivity index (χ3n) is 1.67. The largest absolute Gasteiger partial charge is 0.399 e. The van der Waals surface area contributed by atoms with Gasteiger partial charge in [0.15, 0.2) is 0 Å². The van der Waals surface area contributed by atoms with Gasteiger partial charge in [-0.2, -0.15) is 0 Å². The molecule has 0 saturated heterocycles. The maximum atomic E-state index is 11.4. The van der Waals surface area contributed by atoms with Crippen LogP contribution in [0.2, 0.25) is 0 Å². The lowest BCUT2D eigenvalue weighted by molar-refractivity contribution is 0.0959. The standard InChI is InChI=1S/C10H11N3O/c1-2-5-13-10(14)8-4-3-7(11)6-9(8)12/h1,3-4,6H,5,11-12H2,(H,13,14). The van der Waals surface area contributed by atoms with E-state index in [4.69, 9.17) is 17.9 Å². The second-order valence-corrected chi connectivity index (χ2v) is 2.73. The van der Waals surface area contributed by atoms with Crippen LogP contribution in [-0.4, -0.2) is 12.5 Å². The lowest BCUT2D eigenvalue weighted by Gasteiger charge is -2.05. The van der Waals surface area contributed by atoms with Crippen LogP contribution >= 0.6 is 0 Å². The molecule has 0 aliphatic rings. The fourth-order valence-electron chi connectivity index (χ4n) is 1.01. The minimum atomic E-state index is -0.291. The Morgan fingerprint density at radius 1 is 1.50 bits per heavy atom. The van der Waals surface area contributed by atoms with Gasteiger partial charge in [-0.05, 0) is 18.2 Å². The molecule has 0 unspecified atom stereocenters. The Morgan fingerprint density at radius 2 is 2.21 bits per heavy atom. The van der Waals surface area contributed by atoms with Gasteiger partial charge in [-0.1, -0.05) is 5.92 Å². The van der Waals surface area contributed by atoms with E-state index in [2.05, 4.69) is 11.2 Å². The van der Waals surface area contributed by atoms with Crippen molar-refractivity contribution in [3.05, 3.63) is 23.8 Å². The summed E-state index contributed by atoms with van der Waals surface area (Å²) in [6.07, 6.45) is 5.00. The van der Waals surface area contributed by atoms with Crippen LogP contribution in [0.4, 0.5) is 11.4 Å². The van der Waals surface area contributed by atoms with Crippen molar-refractivity contribution in [2.24, 2.45) is 0 Å². The lowest BCUT2D eigenvalue weighted by Crippen LogP contribution is -2.24. The third kappa shape index (κ3) is 2.17. The van der Waals surface area contributed by atoms with Crippen molar-refractivity contribution in [2.45, 2.75) is 0 Å². The van der Waals surface area contributed by atoms with Crippen LogP contribution in [0.15, 0.2) is 18.2 Å². The highest BCUT2D eigenvalue weighted by molar-refractivity contribution is 5.99. The molecular formula is C10H11N3O. The lowest BCUT2D eigenvalue weighted by atomic mass is 10.1. The maximum Gasteiger partial charge on any atom is 0.254 e. The summed E-state index contributed by atoms with van der Waals surface area (Å²) in [5, 5.41) is 2.51. The smallest absolute Gasteiger partial charge is 0.254 e. The highest BCUT2D eigenvalue weighted by atomic mass is 16.1. The summed E-state index contributed by atoms with van der Waals surface area (Å²) in [5.41, 5.74) is 12.3. The van der Waals surface area contributed by atoms with E-state index in [0.717, 1.165) is 0 Å². The van der Waals surface area contributed by atoms with E-state index in [9.17, 15) is 4.79 Å². The van der Waals surface area contributed by atoms with Gasteiger partial charge in [-0.25, -0.2) is 0 Å². The zero-order valence-corrected chi connectivity index (χ0v) is 7.58. The molecule has 5 N–H and O–H groups in total. The van der Waals surface area contributed by atoms with Crippen molar-refractivity contribution in [2.75, 3.05) is 18.0 Å². The molecule has 0 aliphatic heterocycles. The number of nitrogen functional groups attached to an aromatic ring is 2. The maximum absolute atomic E-state index is 11.4. The monoisotopic (exact) mass is 189 g/mol. The second kappa shape index (κ2) is 4.19. The number of benzene rings is 1. The van der Waals surface area contributed by atoms with Crippen LogP contribution < -0.4 is 16.8 Å². The number of carbonyl (C=O) groups excluding carboxylic acids is 1. The Labute approximate surface area is 82.3 Å². The Balaban J connectivity index is 2.86. The summed E-state index contributed by atoms with van der Waals surface area (Å²) in [7, 11) is 0. The number of terminal acetylenes is 1. The van der Waals surface area contributed by atoms with E-state index in [1.807, 2.05) is 0 Å². The first-order chi connectivity index (χ1) is 6.65. The van der Waals surface area contributed by atoms with Crippen molar-refractivity contribution in [3.63, 3.8) is 0 Å². The van der Waals surface area contributed by atoms with E-state index in [0.29, 0.717) is 16.9 Å². The molecule has 0 saturated carbocycles. The highest BCUT2D eigenvalue weighted by Gasteiger charge is 2.07. The average Bonchev–Trinajstić information content (AvgIpc) is 2.14. The quantitative estimate of drug-likeness (QED) is 0.459. The molecule has 0 bridgehead atoms. The zero-order chi connectivity index (χ0) is 10.6. The van der Waals surface area contributed by atoms with Crippen LogP contribution in [0, 0.1) is 12.3 Å². The first kappa shape index (κ1) is 9.93. The van der Waals surface area contributed by atoms with Crippen molar-refractivity contribution in [3.8, 4) is 12.3 Å².